The lowest BCUT2D eigenvalue weighted by Crippen LogP contribution is -2.43. The Morgan fingerprint density at radius 3 is 2.62 bits per heavy atom. The van der Waals surface area contributed by atoms with Gasteiger partial charge in [-0.25, -0.2) is 9.69 Å². The molecule has 0 unspecified atom stereocenters. The average Bonchev–Trinajstić information content (AvgIpc) is 3.13. The first-order valence-corrected chi connectivity index (χ1v) is 7.55. The number of imide groups is 1. The molecule has 0 aliphatic carbocycles. The number of amides is 2. The third-order valence-corrected chi connectivity index (χ3v) is 5.15. The minimum absolute atomic E-state index is 0.00871. The van der Waals surface area contributed by atoms with Gasteiger partial charge in [-0.1, -0.05) is 18.2 Å². The van der Waals surface area contributed by atoms with Crippen molar-refractivity contribution in [3.63, 3.8) is 0 Å². The molecule has 2 saturated heterocycles. The molecule has 7 nitrogen and oxygen atoms in total. The number of ether oxygens (including phenoxy) is 1. The van der Waals surface area contributed by atoms with Crippen LogP contribution in [0.25, 0.3) is 0 Å². The second-order valence-electron chi connectivity index (χ2n) is 6.56. The van der Waals surface area contributed by atoms with Crippen LogP contribution in [0.3, 0.4) is 0 Å². The standard InChI is InChI=1S/C17H15NO6/c1-16-5-6-17(8-19,24-16)12-11(16)13(20)18(14(12)21)10-4-2-3-9(7-10)15(22)23/h2-7,11-12,19H,8H2,1H3,(H,22,23)/t11-,12-,16+,17-/m1/s1. The van der Waals surface area contributed by atoms with Gasteiger partial charge >= 0.3 is 5.97 Å². The van der Waals surface area contributed by atoms with Gasteiger partial charge in [-0.15, -0.1) is 0 Å². The summed E-state index contributed by atoms with van der Waals surface area (Å²) < 4.78 is 5.83. The number of rotatable bonds is 3. The molecule has 7 heteroatoms. The maximum absolute atomic E-state index is 12.9. The Bertz CT molecular complexity index is 817. The third kappa shape index (κ3) is 1.65. The van der Waals surface area contributed by atoms with Gasteiger partial charge in [0.25, 0.3) is 0 Å². The van der Waals surface area contributed by atoms with E-state index in [9.17, 15) is 19.5 Å². The summed E-state index contributed by atoms with van der Waals surface area (Å²) in [5.41, 5.74) is -1.93. The molecule has 2 fully saturated rings. The van der Waals surface area contributed by atoms with Crippen LogP contribution in [0.4, 0.5) is 5.69 Å². The number of carbonyl (C=O) groups is 3. The van der Waals surface area contributed by atoms with Crippen LogP contribution in [0.5, 0.6) is 0 Å². The van der Waals surface area contributed by atoms with Crippen molar-refractivity contribution in [1.82, 2.24) is 0 Å². The molecule has 2 N–H and O–H groups in total. The van der Waals surface area contributed by atoms with Gasteiger partial charge in [0.05, 0.1) is 35.3 Å². The molecule has 124 valence electrons. The molecule has 1 aromatic rings. The zero-order valence-corrected chi connectivity index (χ0v) is 12.8. The van der Waals surface area contributed by atoms with Crippen LogP contribution in [-0.4, -0.2) is 45.8 Å². The van der Waals surface area contributed by atoms with Gasteiger partial charge in [0.1, 0.15) is 5.60 Å². The number of carboxylic acids is 1. The van der Waals surface area contributed by atoms with E-state index in [1.165, 1.54) is 24.3 Å². The first-order valence-electron chi connectivity index (χ1n) is 7.55. The van der Waals surface area contributed by atoms with Crippen LogP contribution in [-0.2, 0) is 14.3 Å². The van der Waals surface area contributed by atoms with Crippen LogP contribution >= 0.6 is 0 Å². The number of fused-ring (bicyclic) bond motifs is 5. The minimum Gasteiger partial charge on any atom is -0.478 e. The van der Waals surface area contributed by atoms with Crippen molar-refractivity contribution in [1.29, 1.82) is 0 Å². The Morgan fingerprint density at radius 2 is 1.96 bits per heavy atom. The van der Waals surface area contributed by atoms with E-state index in [0.717, 1.165) is 4.90 Å². The maximum atomic E-state index is 12.9. The molecule has 0 spiro atoms. The van der Waals surface area contributed by atoms with E-state index in [4.69, 9.17) is 9.84 Å². The highest BCUT2D eigenvalue weighted by molar-refractivity contribution is 6.23. The van der Waals surface area contributed by atoms with Crippen molar-refractivity contribution in [2.24, 2.45) is 11.8 Å². The predicted octanol–water partition coefficient (Wildman–Crippen LogP) is 0.580. The topological polar surface area (TPSA) is 104 Å². The number of carboxylic acid groups (broad SMARTS) is 1. The molecule has 0 saturated carbocycles. The normalized spacial score (nSPS) is 36.5. The number of carbonyl (C=O) groups excluding carboxylic acids is 2. The molecule has 0 aromatic heterocycles. The molecule has 4 atom stereocenters. The molecular formula is C17H15NO6. The number of aliphatic hydroxyl groups is 1. The molecule has 24 heavy (non-hydrogen) atoms. The predicted molar refractivity (Wildman–Crippen MR) is 81.3 cm³/mol. The summed E-state index contributed by atoms with van der Waals surface area (Å²) in [4.78, 5) is 38.0. The number of hydrogen-bond donors (Lipinski definition) is 2. The molecule has 2 amide bonds. The quantitative estimate of drug-likeness (QED) is 0.621. The molecule has 3 heterocycles. The summed E-state index contributed by atoms with van der Waals surface area (Å²) in [5, 5.41) is 18.9. The van der Waals surface area contributed by atoms with E-state index < -0.39 is 47.4 Å². The van der Waals surface area contributed by atoms with Crippen molar-refractivity contribution in [2.75, 3.05) is 11.5 Å². The number of hydrogen-bond acceptors (Lipinski definition) is 5. The molecule has 2 bridgehead atoms. The minimum atomic E-state index is -1.19. The summed E-state index contributed by atoms with van der Waals surface area (Å²) in [7, 11) is 0. The lowest BCUT2D eigenvalue weighted by Gasteiger charge is -2.27. The highest BCUT2D eigenvalue weighted by Gasteiger charge is 2.72. The van der Waals surface area contributed by atoms with Gasteiger partial charge in [0, 0.05) is 0 Å². The fourth-order valence-electron chi connectivity index (χ4n) is 4.07. The SMILES string of the molecule is C[C@@]12C=C[C@](CO)(O1)[C@H]1C(=O)N(c3cccc(C(=O)O)c3)C(=O)[C@@H]12. The summed E-state index contributed by atoms with van der Waals surface area (Å²) in [6, 6.07) is 5.69. The lowest BCUT2D eigenvalue weighted by atomic mass is 9.73. The van der Waals surface area contributed by atoms with Gasteiger partial charge in [0.2, 0.25) is 11.8 Å². The van der Waals surface area contributed by atoms with E-state index in [2.05, 4.69) is 0 Å². The van der Waals surface area contributed by atoms with Crippen LogP contribution in [0.15, 0.2) is 36.4 Å². The van der Waals surface area contributed by atoms with Gasteiger partial charge in [0.15, 0.2) is 0 Å². The Hall–Kier alpha value is -2.51. The van der Waals surface area contributed by atoms with Crippen molar-refractivity contribution in [3.8, 4) is 0 Å². The molecule has 0 radical (unpaired) electrons. The molecule has 3 aliphatic rings. The van der Waals surface area contributed by atoms with Crippen LogP contribution < -0.4 is 4.90 Å². The van der Waals surface area contributed by atoms with Crippen molar-refractivity contribution < 1.29 is 29.3 Å². The molecular weight excluding hydrogens is 314 g/mol. The van der Waals surface area contributed by atoms with Gasteiger partial charge in [-0.2, -0.15) is 0 Å². The number of benzene rings is 1. The Morgan fingerprint density at radius 1 is 1.25 bits per heavy atom. The zero-order chi connectivity index (χ0) is 17.3. The highest BCUT2D eigenvalue weighted by Crippen LogP contribution is 2.57. The second-order valence-corrected chi connectivity index (χ2v) is 6.56. The number of nitrogens with zero attached hydrogens (tertiary/aromatic N) is 1. The van der Waals surface area contributed by atoms with E-state index in [0.29, 0.717) is 0 Å². The first kappa shape index (κ1) is 15.0. The Balaban J connectivity index is 1.80. The number of aromatic carboxylic acids is 1. The van der Waals surface area contributed by atoms with Crippen molar-refractivity contribution in [2.45, 2.75) is 18.1 Å². The lowest BCUT2D eigenvalue weighted by molar-refractivity contribution is -0.131. The monoisotopic (exact) mass is 329 g/mol. The number of anilines is 1. The molecule has 4 rings (SSSR count). The van der Waals surface area contributed by atoms with Gasteiger partial charge in [-0.3, -0.25) is 9.59 Å². The fraction of sp³-hybridized carbons (Fsp3) is 0.353. The maximum Gasteiger partial charge on any atom is 0.335 e. The summed E-state index contributed by atoms with van der Waals surface area (Å²) in [6.45, 7) is 1.32. The Kier molecular flexibility index (Phi) is 2.83. The molecule has 3 aliphatic heterocycles. The van der Waals surface area contributed by atoms with Crippen molar-refractivity contribution in [3.05, 3.63) is 42.0 Å². The van der Waals surface area contributed by atoms with Crippen LogP contribution in [0.1, 0.15) is 17.3 Å². The van der Waals surface area contributed by atoms with E-state index in [-0.39, 0.29) is 11.3 Å². The Labute approximate surface area is 137 Å². The van der Waals surface area contributed by atoms with E-state index in [1.807, 2.05) is 0 Å². The summed E-state index contributed by atoms with van der Waals surface area (Å²) >= 11 is 0. The van der Waals surface area contributed by atoms with Crippen LogP contribution in [0, 0.1) is 11.8 Å². The van der Waals surface area contributed by atoms with Crippen molar-refractivity contribution >= 4 is 23.5 Å². The molecule has 1 aromatic carbocycles. The zero-order valence-electron chi connectivity index (χ0n) is 12.8. The summed E-state index contributed by atoms with van der Waals surface area (Å²) in [5.74, 6) is -3.58. The first-order chi connectivity index (χ1) is 11.3. The average molecular weight is 329 g/mol. The van der Waals surface area contributed by atoms with E-state index >= 15 is 0 Å². The van der Waals surface area contributed by atoms with Gasteiger partial charge in [-0.05, 0) is 25.1 Å². The highest BCUT2D eigenvalue weighted by atomic mass is 16.5. The van der Waals surface area contributed by atoms with E-state index in [1.54, 1.807) is 19.1 Å². The van der Waals surface area contributed by atoms with Crippen LogP contribution in [0.2, 0.25) is 0 Å². The fourth-order valence-corrected chi connectivity index (χ4v) is 4.07. The largest absolute Gasteiger partial charge is 0.478 e. The smallest absolute Gasteiger partial charge is 0.335 e. The number of aliphatic hydroxyl groups excluding tert-OH is 1. The summed E-state index contributed by atoms with van der Waals surface area (Å²) in [6.07, 6.45) is 3.36. The van der Waals surface area contributed by atoms with Gasteiger partial charge < -0.3 is 14.9 Å². The second kappa shape index (κ2) is 4.52. The third-order valence-electron chi connectivity index (χ3n) is 5.15.